The molecule has 0 spiro atoms. The number of amides is 1. The number of hydrogen-bond donors (Lipinski definition) is 3. The first-order valence-electron chi connectivity index (χ1n) is 9.78. The highest BCUT2D eigenvalue weighted by Crippen LogP contribution is 2.30. The summed E-state index contributed by atoms with van der Waals surface area (Å²) in [5, 5.41) is 9.17. The van der Waals surface area contributed by atoms with Crippen molar-refractivity contribution in [2.75, 3.05) is 39.2 Å². The molecule has 8 heteroatoms. The molecule has 2 rings (SSSR count). The minimum atomic E-state index is -0.0881. The molecule has 0 aromatic heterocycles. The summed E-state index contributed by atoms with van der Waals surface area (Å²) in [5.74, 6) is 1.97. The molecule has 0 atom stereocenters. The van der Waals surface area contributed by atoms with Crippen LogP contribution in [-0.2, 0) is 6.42 Å². The Hall–Kier alpha value is -2.49. The van der Waals surface area contributed by atoms with Gasteiger partial charge in [-0.25, -0.2) is 0 Å². The van der Waals surface area contributed by atoms with Gasteiger partial charge in [0.1, 0.15) is 0 Å². The highest BCUT2D eigenvalue weighted by atomic mass is 127. The Morgan fingerprint density at radius 1 is 1.10 bits per heavy atom. The van der Waals surface area contributed by atoms with E-state index in [0.29, 0.717) is 36.2 Å². The molecule has 0 radical (unpaired) electrons. The number of halogens is 1. The van der Waals surface area contributed by atoms with E-state index in [1.165, 1.54) is 0 Å². The first kappa shape index (κ1) is 25.5. The van der Waals surface area contributed by atoms with E-state index in [1.54, 1.807) is 20.2 Å². The monoisotopic (exact) mass is 526 g/mol. The van der Waals surface area contributed by atoms with Crippen molar-refractivity contribution in [2.45, 2.75) is 20.3 Å². The summed E-state index contributed by atoms with van der Waals surface area (Å²) >= 11 is 0. The molecule has 7 nitrogen and oxygen atoms in total. The fraction of sp³-hybridized carbons (Fsp3) is 0.364. The van der Waals surface area contributed by atoms with Crippen molar-refractivity contribution in [1.29, 1.82) is 0 Å². The van der Waals surface area contributed by atoms with E-state index < -0.39 is 0 Å². The second-order valence-electron chi connectivity index (χ2n) is 6.21. The number of benzene rings is 2. The van der Waals surface area contributed by atoms with E-state index >= 15 is 0 Å². The third kappa shape index (κ3) is 7.74. The number of carbonyl (C=O) groups excluding carboxylic acids is 1. The standard InChI is InChI=1S/C22H30N4O3.HI/c1-5-24-22(26-18-10-11-19(29-6-2)20(15-18)28-4)25-13-12-16-8-7-9-17(14-16)21(27)23-3;/h7-11,14-15H,5-6,12-13H2,1-4H3,(H,23,27)(H2,24,25,26);1H. The van der Waals surface area contributed by atoms with Gasteiger partial charge >= 0.3 is 0 Å². The Morgan fingerprint density at radius 3 is 2.57 bits per heavy atom. The summed E-state index contributed by atoms with van der Waals surface area (Å²) in [5.41, 5.74) is 2.57. The van der Waals surface area contributed by atoms with Crippen molar-refractivity contribution < 1.29 is 14.3 Å². The lowest BCUT2D eigenvalue weighted by Crippen LogP contribution is -2.30. The molecule has 3 N–H and O–H groups in total. The third-order valence-electron chi connectivity index (χ3n) is 4.16. The van der Waals surface area contributed by atoms with Crippen molar-refractivity contribution in [3.63, 3.8) is 0 Å². The Labute approximate surface area is 195 Å². The number of hydrogen-bond acceptors (Lipinski definition) is 4. The maximum atomic E-state index is 11.8. The maximum Gasteiger partial charge on any atom is 0.251 e. The van der Waals surface area contributed by atoms with Gasteiger partial charge in [0.05, 0.1) is 13.7 Å². The van der Waals surface area contributed by atoms with Crippen molar-refractivity contribution >= 4 is 41.5 Å². The Balaban J connectivity index is 0.00000450. The van der Waals surface area contributed by atoms with Crippen LogP contribution < -0.4 is 25.4 Å². The van der Waals surface area contributed by atoms with Crippen LogP contribution in [0.2, 0.25) is 0 Å². The average Bonchev–Trinajstić information content (AvgIpc) is 2.74. The average molecular weight is 526 g/mol. The smallest absolute Gasteiger partial charge is 0.251 e. The molecule has 0 bridgehead atoms. The molecule has 0 unspecified atom stereocenters. The summed E-state index contributed by atoms with van der Waals surface area (Å²) in [4.78, 5) is 16.4. The maximum absolute atomic E-state index is 11.8. The second kappa shape index (κ2) is 13.7. The molecule has 0 saturated carbocycles. The fourth-order valence-corrected chi connectivity index (χ4v) is 2.77. The lowest BCUT2D eigenvalue weighted by molar-refractivity contribution is 0.0963. The van der Waals surface area contributed by atoms with Crippen molar-refractivity contribution in [3.8, 4) is 11.5 Å². The third-order valence-corrected chi connectivity index (χ3v) is 4.16. The van der Waals surface area contributed by atoms with E-state index in [4.69, 9.17) is 9.47 Å². The van der Waals surface area contributed by atoms with Gasteiger partial charge in [-0.1, -0.05) is 12.1 Å². The molecule has 30 heavy (non-hydrogen) atoms. The second-order valence-corrected chi connectivity index (χ2v) is 6.21. The zero-order chi connectivity index (χ0) is 21.1. The molecule has 0 aliphatic carbocycles. The molecule has 2 aromatic carbocycles. The van der Waals surface area contributed by atoms with Gasteiger partial charge in [-0.3, -0.25) is 9.79 Å². The first-order valence-corrected chi connectivity index (χ1v) is 9.78. The van der Waals surface area contributed by atoms with E-state index in [-0.39, 0.29) is 29.9 Å². The lowest BCUT2D eigenvalue weighted by Gasteiger charge is -2.14. The van der Waals surface area contributed by atoms with Crippen LogP contribution in [0.1, 0.15) is 29.8 Å². The van der Waals surface area contributed by atoms with E-state index in [9.17, 15) is 4.79 Å². The van der Waals surface area contributed by atoms with Gasteiger partial charge < -0.3 is 25.4 Å². The molecular weight excluding hydrogens is 495 g/mol. The van der Waals surface area contributed by atoms with Crippen molar-refractivity contribution in [1.82, 2.24) is 10.6 Å². The highest BCUT2D eigenvalue weighted by molar-refractivity contribution is 14.0. The molecule has 0 heterocycles. The molecule has 164 valence electrons. The topological polar surface area (TPSA) is 84.0 Å². The van der Waals surface area contributed by atoms with Crippen LogP contribution in [-0.4, -0.2) is 45.7 Å². The normalized spacial score (nSPS) is 10.6. The molecule has 2 aromatic rings. The van der Waals surface area contributed by atoms with Crippen molar-refractivity contribution in [2.24, 2.45) is 4.99 Å². The van der Waals surface area contributed by atoms with Crippen LogP contribution in [0.15, 0.2) is 47.5 Å². The Morgan fingerprint density at radius 2 is 1.90 bits per heavy atom. The molecule has 0 saturated heterocycles. The molecular formula is C22H31IN4O3. The van der Waals surface area contributed by atoms with Gasteiger partial charge in [-0.05, 0) is 50.1 Å². The molecule has 0 fully saturated rings. The molecule has 1 amide bonds. The Bertz CT molecular complexity index is 843. The summed E-state index contributed by atoms with van der Waals surface area (Å²) in [6, 6.07) is 13.3. The van der Waals surface area contributed by atoms with E-state index in [0.717, 1.165) is 24.2 Å². The van der Waals surface area contributed by atoms with Gasteiger partial charge in [-0.2, -0.15) is 0 Å². The van der Waals surface area contributed by atoms with Crippen LogP contribution in [0.4, 0.5) is 5.69 Å². The zero-order valence-corrected chi connectivity index (χ0v) is 20.3. The van der Waals surface area contributed by atoms with Gasteiger partial charge in [0.2, 0.25) is 0 Å². The summed E-state index contributed by atoms with van der Waals surface area (Å²) in [6.45, 7) is 5.86. The SMILES string of the molecule is CCNC(=NCCc1cccc(C(=O)NC)c1)Nc1ccc(OCC)c(OC)c1.I. The van der Waals surface area contributed by atoms with Crippen LogP contribution in [0.25, 0.3) is 0 Å². The quantitative estimate of drug-likeness (QED) is 0.264. The van der Waals surface area contributed by atoms with Crippen LogP contribution in [0.3, 0.4) is 0 Å². The zero-order valence-electron chi connectivity index (χ0n) is 18.0. The summed E-state index contributed by atoms with van der Waals surface area (Å²) < 4.78 is 11.0. The van der Waals surface area contributed by atoms with Crippen molar-refractivity contribution in [3.05, 3.63) is 53.6 Å². The first-order chi connectivity index (χ1) is 14.1. The van der Waals surface area contributed by atoms with Gasteiger partial charge in [0.25, 0.3) is 5.91 Å². The van der Waals surface area contributed by atoms with Crippen LogP contribution in [0.5, 0.6) is 11.5 Å². The predicted octanol–water partition coefficient (Wildman–Crippen LogP) is 3.69. The summed E-state index contributed by atoms with van der Waals surface area (Å²) in [6.07, 6.45) is 0.730. The largest absolute Gasteiger partial charge is 0.493 e. The molecule has 0 aliphatic rings. The number of methoxy groups -OCH3 is 1. The summed E-state index contributed by atoms with van der Waals surface area (Å²) in [7, 11) is 3.25. The Kier molecular flexibility index (Phi) is 11.7. The highest BCUT2D eigenvalue weighted by Gasteiger charge is 2.07. The van der Waals surface area contributed by atoms with Gasteiger partial charge in [0, 0.05) is 37.5 Å². The van der Waals surface area contributed by atoms with Crippen LogP contribution >= 0.6 is 24.0 Å². The number of aliphatic imine (C=N–C) groups is 1. The van der Waals surface area contributed by atoms with E-state index in [2.05, 4.69) is 20.9 Å². The number of rotatable bonds is 9. The minimum Gasteiger partial charge on any atom is -0.493 e. The lowest BCUT2D eigenvalue weighted by atomic mass is 10.1. The number of guanidine groups is 1. The number of ether oxygens (including phenoxy) is 2. The van der Waals surface area contributed by atoms with Gasteiger partial charge in [-0.15, -0.1) is 24.0 Å². The minimum absolute atomic E-state index is 0. The number of nitrogens with one attached hydrogen (secondary N) is 3. The molecule has 0 aliphatic heterocycles. The van der Waals surface area contributed by atoms with E-state index in [1.807, 2.05) is 50.2 Å². The van der Waals surface area contributed by atoms with Crippen LogP contribution in [0, 0.1) is 0 Å². The number of anilines is 1. The predicted molar refractivity (Wildman–Crippen MR) is 133 cm³/mol. The fourth-order valence-electron chi connectivity index (χ4n) is 2.77. The number of nitrogens with zero attached hydrogens (tertiary/aromatic N) is 1. The number of carbonyl (C=O) groups is 1. The van der Waals surface area contributed by atoms with Gasteiger partial charge in [0.15, 0.2) is 17.5 Å².